The summed E-state index contributed by atoms with van der Waals surface area (Å²) in [6.45, 7) is 3.83. The zero-order chi connectivity index (χ0) is 32.4. The van der Waals surface area contributed by atoms with E-state index < -0.39 is 28.5 Å². The van der Waals surface area contributed by atoms with Gasteiger partial charge in [0.1, 0.15) is 18.3 Å². The van der Waals surface area contributed by atoms with Gasteiger partial charge in [0.25, 0.3) is 10.0 Å². The Morgan fingerprint density at radius 1 is 0.844 bits per heavy atom. The monoisotopic (exact) mass is 647 g/mol. The highest BCUT2D eigenvalue weighted by molar-refractivity contribution is 7.92. The number of nitrogens with one attached hydrogen (secondary N) is 1. The van der Waals surface area contributed by atoms with Crippen LogP contribution in [0.4, 0.5) is 5.69 Å². The maximum Gasteiger partial charge on any atom is 0.264 e. The third-order valence-electron chi connectivity index (χ3n) is 7.16. The van der Waals surface area contributed by atoms with E-state index in [4.69, 9.17) is 16.3 Å². The lowest BCUT2D eigenvalue weighted by molar-refractivity contribution is -0.140. The van der Waals surface area contributed by atoms with Crippen LogP contribution in [0.25, 0.3) is 0 Å². The van der Waals surface area contributed by atoms with Gasteiger partial charge in [-0.3, -0.25) is 13.9 Å². The van der Waals surface area contributed by atoms with E-state index in [0.717, 1.165) is 9.87 Å². The fraction of sp³-hybridized carbons (Fsp3) is 0.257. The first-order valence-corrected chi connectivity index (χ1v) is 16.5. The second-order valence-electron chi connectivity index (χ2n) is 11.0. The fourth-order valence-corrected chi connectivity index (χ4v) is 6.54. The summed E-state index contributed by atoms with van der Waals surface area (Å²) in [7, 11) is -2.80. The Morgan fingerprint density at radius 2 is 1.47 bits per heavy atom. The second-order valence-corrected chi connectivity index (χ2v) is 13.3. The lowest BCUT2D eigenvalue weighted by atomic mass is 10.0. The molecule has 4 aromatic carbocycles. The molecule has 0 aliphatic heterocycles. The number of carbonyl (C=O) groups is 2. The minimum atomic E-state index is -4.24. The molecule has 236 valence electrons. The van der Waals surface area contributed by atoms with Gasteiger partial charge in [0, 0.05) is 24.5 Å². The average molecular weight is 648 g/mol. The first kappa shape index (κ1) is 33.6. The number of sulfonamides is 1. The molecule has 4 aromatic rings. The van der Waals surface area contributed by atoms with E-state index in [1.807, 2.05) is 50.2 Å². The zero-order valence-corrected chi connectivity index (χ0v) is 27.2. The van der Waals surface area contributed by atoms with Crippen LogP contribution in [0.15, 0.2) is 114 Å². The van der Waals surface area contributed by atoms with Crippen LogP contribution in [-0.4, -0.2) is 51.4 Å². The number of hydrogen-bond donors (Lipinski definition) is 1. The molecule has 0 fully saturated rings. The van der Waals surface area contributed by atoms with Crippen LogP contribution < -0.4 is 14.4 Å². The molecule has 8 nitrogen and oxygen atoms in total. The van der Waals surface area contributed by atoms with Gasteiger partial charge in [-0.2, -0.15) is 0 Å². The fourth-order valence-electron chi connectivity index (χ4n) is 4.88. The lowest BCUT2D eigenvalue weighted by Crippen LogP contribution is -2.53. The largest absolute Gasteiger partial charge is 0.495 e. The Morgan fingerprint density at radius 3 is 2.11 bits per heavy atom. The molecular formula is C35H38ClN3O5S. The SMILES string of the molecule is COc1ccccc1N(CC(=O)N(Cc1cccc(Cl)c1)[C@H](Cc1ccccc1)C(=O)NCC(C)C)S(=O)(=O)c1ccccc1. The summed E-state index contributed by atoms with van der Waals surface area (Å²) in [5, 5.41) is 3.46. The minimum Gasteiger partial charge on any atom is -0.495 e. The normalized spacial score (nSPS) is 11.9. The first-order valence-electron chi connectivity index (χ1n) is 14.7. The summed E-state index contributed by atoms with van der Waals surface area (Å²) < 4.78 is 34.8. The highest BCUT2D eigenvalue weighted by atomic mass is 35.5. The van der Waals surface area contributed by atoms with E-state index in [0.29, 0.717) is 17.1 Å². The number of para-hydroxylation sites is 2. The highest BCUT2D eigenvalue weighted by Gasteiger charge is 2.35. The number of benzene rings is 4. The van der Waals surface area contributed by atoms with Crippen molar-refractivity contribution in [3.8, 4) is 5.75 Å². The van der Waals surface area contributed by atoms with E-state index in [1.165, 1.54) is 24.1 Å². The Kier molecular flexibility index (Phi) is 11.6. The molecule has 10 heteroatoms. The average Bonchev–Trinajstić information content (AvgIpc) is 3.04. The summed E-state index contributed by atoms with van der Waals surface area (Å²) in [6.07, 6.45) is 0.219. The number of methoxy groups -OCH3 is 1. The summed E-state index contributed by atoms with van der Waals surface area (Å²) in [5.74, 6) is -0.444. The van der Waals surface area contributed by atoms with Gasteiger partial charge in [0.2, 0.25) is 11.8 Å². The molecule has 0 heterocycles. The summed E-state index contributed by atoms with van der Waals surface area (Å²) >= 11 is 6.31. The zero-order valence-electron chi connectivity index (χ0n) is 25.6. The Hall–Kier alpha value is -4.34. The first-order chi connectivity index (χ1) is 21.6. The molecule has 0 aliphatic carbocycles. The van der Waals surface area contributed by atoms with E-state index in [2.05, 4.69) is 5.32 Å². The summed E-state index contributed by atoms with van der Waals surface area (Å²) in [4.78, 5) is 29.8. The van der Waals surface area contributed by atoms with E-state index in [-0.39, 0.29) is 41.1 Å². The Labute approximate surface area is 270 Å². The molecule has 1 atom stereocenters. The molecule has 4 rings (SSSR count). The topological polar surface area (TPSA) is 96.0 Å². The number of rotatable bonds is 14. The van der Waals surface area contributed by atoms with Crippen molar-refractivity contribution in [2.45, 2.75) is 37.8 Å². The predicted molar refractivity (Wildman–Crippen MR) is 178 cm³/mol. The van der Waals surface area contributed by atoms with Crippen LogP contribution in [0.5, 0.6) is 5.75 Å². The van der Waals surface area contributed by atoms with Gasteiger partial charge >= 0.3 is 0 Å². The molecule has 0 radical (unpaired) electrons. The highest BCUT2D eigenvalue weighted by Crippen LogP contribution is 2.32. The van der Waals surface area contributed by atoms with Crippen molar-refractivity contribution < 1.29 is 22.7 Å². The standard InChI is InChI=1S/C35H38ClN3O5S/c1-26(2)23-37-35(41)32(22-27-13-6-4-7-14-27)38(24-28-15-12-16-29(36)21-28)34(40)25-39(31-19-10-11-20-33(31)44-3)45(42,43)30-17-8-5-9-18-30/h4-21,26,32H,22-25H2,1-3H3,(H,37,41)/t32-/m1/s1. The molecule has 45 heavy (non-hydrogen) atoms. The van der Waals surface area contributed by atoms with Gasteiger partial charge in [-0.1, -0.05) is 98.2 Å². The molecule has 0 saturated carbocycles. The van der Waals surface area contributed by atoms with Gasteiger partial charge in [-0.25, -0.2) is 8.42 Å². The molecule has 0 aromatic heterocycles. The summed E-state index contributed by atoms with van der Waals surface area (Å²) in [5.41, 5.74) is 1.74. The maximum atomic E-state index is 14.5. The molecule has 0 spiro atoms. The van der Waals surface area contributed by atoms with E-state index in [9.17, 15) is 18.0 Å². The quantitative estimate of drug-likeness (QED) is 0.182. The van der Waals surface area contributed by atoms with Crippen LogP contribution in [0.1, 0.15) is 25.0 Å². The molecule has 0 saturated heterocycles. The van der Waals surface area contributed by atoms with Crippen molar-refractivity contribution >= 4 is 39.1 Å². The van der Waals surface area contributed by atoms with Gasteiger partial charge < -0.3 is 15.0 Å². The number of hydrogen-bond acceptors (Lipinski definition) is 5. The number of ether oxygens (including phenoxy) is 1. The number of amides is 2. The van der Waals surface area contributed by atoms with Crippen molar-refractivity contribution in [1.82, 2.24) is 10.2 Å². The predicted octanol–water partition coefficient (Wildman–Crippen LogP) is 5.96. The van der Waals surface area contributed by atoms with Crippen LogP contribution in [0.3, 0.4) is 0 Å². The minimum absolute atomic E-state index is 0.0145. The molecular weight excluding hydrogens is 610 g/mol. The van der Waals surface area contributed by atoms with Gasteiger partial charge in [-0.15, -0.1) is 0 Å². The second kappa shape index (κ2) is 15.6. The van der Waals surface area contributed by atoms with E-state index in [1.54, 1.807) is 60.7 Å². The van der Waals surface area contributed by atoms with Crippen molar-refractivity contribution in [1.29, 1.82) is 0 Å². The van der Waals surface area contributed by atoms with Gasteiger partial charge in [-0.05, 0) is 53.4 Å². The third-order valence-corrected chi connectivity index (χ3v) is 9.17. The van der Waals surface area contributed by atoms with Gasteiger partial charge in [0.15, 0.2) is 0 Å². The number of halogens is 1. The van der Waals surface area contributed by atoms with Crippen molar-refractivity contribution in [2.24, 2.45) is 5.92 Å². The maximum absolute atomic E-state index is 14.5. The number of carbonyl (C=O) groups excluding carboxylic acids is 2. The summed E-state index contributed by atoms with van der Waals surface area (Å²) in [6, 6.07) is 30.0. The van der Waals surface area contributed by atoms with Crippen LogP contribution >= 0.6 is 11.6 Å². The van der Waals surface area contributed by atoms with Crippen LogP contribution in [0.2, 0.25) is 5.02 Å². The van der Waals surface area contributed by atoms with Crippen molar-refractivity contribution in [3.05, 3.63) is 125 Å². The Balaban J connectivity index is 1.82. The third kappa shape index (κ3) is 8.86. The smallest absolute Gasteiger partial charge is 0.264 e. The van der Waals surface area contributed by atoms with Gasteiger partial charge in [0.05, 0.1) is 17.7 Å². The molecule has 1 N–H and O–H groups in total. The van der Waals surface area contributed by atoms with Crippen molar-refractivity contribution in [3.63, 3.8) is 0 Å². The lowest BCUT2D eigenvalue weighted by Gasteiger charge is -2.34. The molecule has 0 bridgehead atoms. The Bertz CT molecular complexity index is 1680. The van der Waals surface area contributed by atoms with Crippen LogP contribution in [0, 0.1) is 5.92 Å². The molecule has 0 aliphatic rings. The number of anilines is 1. The number of nitrogens with zero attached hydrogens (tertiary/aromatic N) is 2. The van der Waals surface area contributed by atoms with Crippen molar-refractivity contribution in [2.75, 3.05) is 24.5 Å². The van der Waals surface area contributed by atoms with E-state index >= 15 is 0 Å². The molecule has 0 unspecified atom stereocenters. The molecule has 2 amide bonds. The van der Waals surface area contributed by atoms with Crippen LogP contribution in [-0.2, 0) is 32.6 Å².